The molecular formula is C24H24Cl2N2O4S. The van der Waals surface area contributed by atoms with Gasteiger partial charge in [0.05, 0.1) is 10.6 Å². The number of hydrogen-bond donors (Lipinski definition) is 2. The largest absolute Gasteiger partial charge is 0.481 e. The summed E-state index contributed by atoms with van der Waals surface area (Å²) in [6.07, 6.45) is -0.220. The van der Waals surface area contributed by atoms with Crippen molar-refractivity contribution < 1.29 is 17.9 Å². The fourth-order valence-corrected chi connectivity index (χ4v) is 4.61. The van der Waals surface area contributed by atoms with E-state index in [1.54, 1.807) is 0 Å². The third-order valence-electron chi connectivity index (χ3n) is 4.97. The molecule has 0 aromatic heterocycles. The minimum Gasteiger partial charge on any atom is -0.481 e. The number of benzene rings is 3. The van der Waals surface area contributed by atoms with Gasteiger partial charge in [0, 0.05) is 15.7 Å². The van der Waals surface area contributed by atoms with Crippen LogP contribution < -0.4 is 14.8 Å². The van der Waals surface area contributed by atoms with Crippen molar-refractivity contribution in [2.75, 3.05) is 10.0 Å². The summed E-state index contributed by atoms with van der Waals surface area (Å²) >= 11 is 11.9. The van der Waals surface area contributed by atoms with Crippen LogP contribution in [-0.4, -0.2) is 20.4 Å². The molecule has 0 aliphatic rings. The summed E-state index contributed by atoms with van der Waals surface area (Å²) in [5.74, 6) is 0.298. The Labute approximate surface area is 203 Å². The van der Waals surface area contributed by atoms with E-state index in [-0.39, 0.29) is 16.5 Å². The van der Waals surface area contributed by atoms with E-state index in [1.165, 1.54) is 42.5 Å². The van der Waals surface area contributed by atoms with Gasteiger partial charge >= 0.3 is 0 Å². The van der Waals surface area contributed by atoms with Crippen molar-refractivity contribution in [3.05, 3.63) is 81.8 Å². The number of nitrogens with one attached hydrogen (secondary N) is 2. The van der Waals surface area contributed by atoms with E-state index in [2.05, 4.69) is 10.0 Å². The molecule has 3 aromatic carbocycles. The van der Waals surface area contributed by atoms with E-state index >= 15 is 0 Å². The second kappa shape index (κ2) is 10.5. The van der Waals surface area contributed by atoms with Crippen molar-refractivity contribution >= 4 is 50.5 Å². The highest BCUT2D eigenvalue weighted by Gasteiger charge is 2.20. The Kier molecular flexibility index (Phi) is 7.89. The van der Waals surface area contributed by atoms with Crippen molar-refractivity contribution in [3.8, 4) is 5.75 Å². The summed E-state index contributed by atoms with van der Waals surface area (Å²) in [5, 5.41) is 3.39. The third-order valence-corrected chi connectivity index (χ3v) is 6.80. The van der Waals surface area contributed by atoms with Crippen molar-refractivity contribution in [2.24, 2.45) is 0 Å². The molecule has 0 spiro atoms. The van der Waals surface area contributed by atoms with Crippen LogP contribution in [0.3, 0.4) is 0 Å². The van der Waals surface area contributed by atoms with Gasteiger partial charge in [-0.25, -0.2) is 8.42 Å². The average molecular weight is 507 g/mol. The van der Waals surface area contributed by atoms with Gasteiger partial charge < -0.3 is 10.1 Å². The van der Waals surface area contributed by atoms with Gasteiger partial charge in [0.15, 0.2) is 6.10 Å². The molecule has 0 saturated heterocycles. The normalized spacial score (nSPS) is 12.2. The highest BCUT2D eigenvalue weighted by molar-refractivity contribution is 7.92. The molecule has 3 rings (SSSR count). The highest BCUT2D eigenvalue weighted by atomic mass is 35.5. The summed E-state index contributed by atoms with van der Waals surface area (Å²) < 4.78 is 33.6. The SMILES string of the molecule is CCC(Oc1ccc(C)c(C)c1)C(=O)Nc1ccc(S(=O)(=O)Nc2cc(Cl)cc(Cl)c2)cc1. The van der Waals surface area contributed by atoms with E-state index in [4.69, 9.17) is 27.9 Å². The third kappa shape index (κ3) is 6.63. The molecule has 1 atom stereocenters. The number of rotatable bonds is 8. The van der Waals surface area contributed by atoms with E-state index in [9.17, 15) is 13.2 Å². The van der Waals surface area contributed by atoms with Crippen molar-refractivity contribution in [2.45, 2.75) is 38.2 Å². The summed E-state index contributed by atoms with van der Waals surface area (Å²) in [4.78, 5) is 12.7. The van der Waals surface area contributed by atoms with Crippen LogP contribution in [0.25, 0.3) is 0 Å². The number of ether oxygens (including phenoxy) is 1. The predicted molar refractivity (Wildman–Crippen MR) is 133 cm³/mol. The fourth-order valence-electron chi connectivity index (χ4n) is 3.04. The zero-order valence-electron chi connectivity index (χ0n) is 18.4. The Morgan fingerprint density at radius 3 is 2.12 bits per heavy atom. The van der Waals surface area contributed by atoms with Crippen molar-refractivity contribution in [1.29, 1.82) is 0 Å². The highest BCUT2D eigenvalue weighted by Crippen LogP contribution is 2.25. The number of sulfonamides is 1. The van der Waals surface area contributed by atoms with Gasteiger partial charge in [-0.2, -0.15) is 0 Å². The molecule has 1 amide bonds. The maximum absolute atomic E-state index is 12.7. The van der Waals surface area contributed by atoms with Crippen LogP contribution in [0.4, 0.5) is 11.4 Å². The molecule has 33 heavy (non-hydrogen) atoms. The minimum atomic E-state index is -3.87. The number of halogens is 2. The summed E-state index contributed by atoms with van der Waals surface area (Å²) in [5.41, 5.74) is 2.92. The minimum absolute atomic E-state index is 0.0232. The fraction of sp³-hybridized carbons (Fsp3) is 0.208. The molecule has 0 bridgehead atoms. The van der Waals surface area contributed by atoms with Crippen LogP contribution in [0.15, 0.2) is 65.6 Å². The van der Waals surface area contributed by atoms with Gasteiger partial charge in [0.2, 0.25) is 0 Å². The monoisotopic (exact) mass is 506 g/mol. The van der Waals surface area contributed by atoms with Crippen LogP contribution >= 0.6 is 23.2 Å². The Morgan fingerprint density at radius 1 is 0.909 bits per heavy atom. The lowest BCUT2D eigenvalue weighted by Crippen LogP contribution is -2.32. The van der Waals surface area contributed by atoms with Gasteiger partial charge in [0.25, 0.3) is 15.9 Å². The second-order valence-corrected chi connectivity index (χ2v) is 10.1. The van der Waals surface area contributed by atoms with Crippen LogP contribution in [0.5, 0.6) is 5.75 Å². The Hall–Kier alpha value is -2.74. The molecule has 2 N–H and O–H groups in total. The topological polar surface area (TPSA) is 84.5 Å². The molecule has 0 aliphatic carbocycles. The standard InChI is InChI=1S/C24H24Cl2N2O4S/c1-4-23(32-21-8-5-15(2)16(3)11-21)24(29)27-19-6-9-22(10-7-19)33(30,31)28-20-13-17(25)12-18(26)14-20/h5-14,23,28H,4H2,1-3H3,(H,27,29). The zero-order valence-corrected chi connectivity index (χ0v) is 20.7. The predicted octanol–water partition coefficient (Wildman–Crippen LogP) is 6.21. The number of carbonyl (C=O) groups excluding carboxylic acids is 1. The summed E-state index contributed by atoms with van der Waals surface area (Å²) in [7, 11) is -3.87. The van der Waals surface area contributed by atoms with Crippen LogP contribution in [0.2, 0.25) is 10.0 Å². The number of amides is 1. The Morgan fingerprint density at radius 2 is 1.55 bits per heavy atom. The van der Waals surface area contributed by atoms with Crippen molar-refractivity contribution in [1.82, 2.24) is 0 Å². The lowest BCUT2D eigenvalue weighted by molar-refractivity contribution is -0.122. The van der Waals surface area contributed by atoms with Gasteiger partial charge in [-0.15, -0.1) is 0 Å². The quantitative estimate of drug-likeness (QED) is 0.380. The molecule has 0 fully saturated rings. The molecule has 3 aromatic rings. The molecular weight excluding hydrogens is 483 g/mol. The molecule has 0 radical (unpaired) electrons. The van der Waals surface area contributed by atoms with E-state index in [0.29, 0.717) is 27.9 Å². The van der Waals surface area contributed by atoms with Crippen molar-refractivity contribution in [3.63, 3.8) is 0 Å². The van der Waals surface area contributed by atoms with E-state index in [1.807, 2.05) is 39.0 Å². The zero-order chi connectivity index (χ0) is 24.2. The maximum atomic E-state index is 12.7. The molecule has 174 valence electrons. The Balaban J connectivity index is 1.68. The second-order valence-electron chi connectivity index (χ2n) is 7.54. The van der Waals surface area contributed by atoms with Crippen LogP contribution in [0, 0.1) is 13.8 Å². The first kappa shape index (κ1) is 24.9. The average Bonchev–Trinajstić information content (AvgIpc) is 2.73. The Bertz CT molecular complexity index is 1240. The molecule has 9 heteroatoms. The molecule has 0 aliphatic heterocycles. The number of aryl methyl sites for hydroxylation is 2. The molecule has 6 nitrogen and oxygen atoms in total. The molecule has 0 saturated carbocycles. The van der Waals surface area contributed by atoms with Gasteiger partial charge in [-0.05, 0) is 86.0 Å². The van der Waals surface area contributed by atoms with Gasteiger partial charge in [-0.1, -0.05) is 36.2 Å². The van der Waals surface area contributed by atoms with E-state index < -0.39 is 16.1 Å². The summed E-state index contributed by atoms with van der Waals surface area (Å²) in [6.45, 7) is 5.84. The first-order valence-corrected chi connectivity index (χ1v) is 12.4. The smallest absolute Gasteiger partial charge is 0.265 e. The van der Waals surface area contributed by atoms with Crippen LogP contribution in [-0.2, 0) is 14.8 Å². The molecule has 0 heterocycles. The first-order valence-electron chi connectivity index (χ1n) is 10.2. The van der Waals surface area contributed by atoms with E-state index in [0.717, 1.165) is 11.1 Å². The van der Waals surface area contributed by atoms with Gasteiger partial charge in [0.1, 0.15) is 5.75 Å². The maximum Gasteiger partial charge on any atom is 0.265 e. The van der Waals surface area contributed by atoms with Crippen LogP contribution in [0.1, 0.15) is 24.5 Å². The number of carbonyl (C=O) groups is 1. The lowest BCUT2D eigenvalue weighted by Gasteiger charge is -2.18. The number of anilines is 2. The lowest BCUT2D eigenvalue weighted by atomic mass is 10.1. The molecule has 1 unspecified atom stereocenters. The van der Waals surface area contributed by atoms with Gasteiger partial charge in [-0.3, -0.25) is 9.52 Å². The number of hydrogen-bond acceptors (Lipinski definition) is 4. The summed E-state index contributed by atoms with van der Waals surface area (Å²) in [6, 6.07) is 15.9. The first-order chi connectivity index (χ1) is 15.6.